The van der Waals surface area contributed by atoms with Crippen LogP contribution in [-0.4, -0.2) is 50.0 Å². The molecule has 0 aliphatic rings. The molecule has 0 spiro atoms. The summed E-state index contributed by atoms with van der Waals surface area (Å²) >= 11 is 9.60. The maximum absolute atomic E-state index is 14.0. The summed E-state index contributed by atoms with van der Waals surface area (Å²) in [5.74, 6) is -0.814. The average Bonchev–Trinajstić information content (AvgIpc) is 2.89. The SMILES string of the molecule is CC[C@@H](C)NC(=O)[C@@H](Cc1ccccc1)N(Cc1cccc(Br)c1)C(=O)CN(c1cccc(Cl)c1)S(C)(=O)=O. The van der Waals surface area contributed by atoms with E-state index in [1.807, 2.05) is 68.4 Å². The van der Waals surface area contributed by atoms with Gasteiger partial charge in [0.05, 0.1) is 11.9 Å². The normalized spacial score (nSPS) is 12.8. The third-order valence-electron chi connectivity index (χ3n) is 6.29. The van der Waals surface area contributed by atoms with Crippen LogP contribution in [0.1, 0.15) is 31.4 Å². The number of nitrogens with one attached hydrogen (secondary N) is 1. The molecule has 0 aromatic heterocycles. The minimum Gasteiger partial charge on any atom is -0.352 e. The molecule has 7 nitrogen and oxygen atoms in total. The van der Waals surface area contributed by atoms with Crippen LogP contribution in [0.4, 0.5) is 5.69 Å². The Bertz CT molecular complexity index is 1390. The van der Waals surface area contributed by atoms with Crippen LogP contribution in [0, 0.1) is 0 Å². The minimum atomic E-state index is -3.85. The van der Waals surface area contributed by atoms with E-state index in [0.717, 1.165) is 32.6 Å². The molecule has 1 N–H and O–H groups in total. The van der Waals surface area contributed by atoms with E-state index in [0.29, 0.717) is 5.02 Å². The lowest BCUT2D eigenvalue weighted by Gasteiger charge is -2.34. The molecule has 3 aromatic carbocycles. The van der Waals surface area contributed by atoms with E-state index in [4.69, 9.17) is 11.6 Å². The van der Waals surface area contributed by atoms with Crippen molar-refractivity contribution in [2.45, 2.75) is 45.3 Å². The van der Waals surface area contributed by atoms with Gasteiger partial charge < -0.3 is 10.2 Å². The van der Waals surface area contributed by atoms with Crippen LogP contribution in [0.15, 0.2) is 83.3 Å². The van der Waals surface area contributed by atoms with Crippen molar-refractivity contribution in [1.82, 2.24) is 10.2 Å². The van der Waals surface area contributed by atoms with Crippen LogP contribution in [0.2, 0.25) is 5.02 Å². The predicted molar refractivity (Wildman–Crippen MR) is 160 cm³/mol. The third-order valence-corrected chi connectivity index (χ3v) is 8.16. The van der Waals surface area contributed by atoms with Crippen molar-refractivity contribution in [3.8, 4) is 0 Å². The monoisotopic (exact) mass is 633 g/mol. The van der Waals surface area contributed by atoms with Crippen molar-refractivity contribution in [1.29, 1.82) is 0 Å². The highest BCUT2D eigenvalue weighted by Crippen LogP contribution is 2.24. The molecule has 3 aromatic rings. The third kappa shape index (κ3) is 9.08. The summed E-state index contributed by atoms with van der Waals surface area (Å²) in [5, 5.41) is 3.36. The van der Waals surface area contributed by atoms with Crippen LogP contribution in [0.25, 0.3) is 0 Å². The van der Waals surface area contributed by atoms with Gasteiger partial charge in [0.15, 0.2) is 0 Å². The molecule has 0 fully saturated rings. The Labute approximate surface area is 244 Å². The van der Waals surface area contributed by atoms with Gasteiger partial charge >= 0.3 is 0 Å². The second-order valence-electron chi connectivity index (χ2n) is 9.42. The molecule has 0 unspecified atom stereocenters. The zero-order valence-corrected chi connectivity index (χ0v) is 25.3. The number of hydrogen-bond donors (Lipinski definition) is 1. The van der Waals surface area contributed by atoms with Gasteiger partial charge in [-0.2, -0.15) is 0 Å². The fraction of sp³-hybridized carbons (Fsp3) is 0.310. The molecule has 0 saturated heterocycles. The first kappa shape index (κ1) is 30.7. The highest BCUT2D eigenvalue weighted by atomic mass is 79.9. The molecule has 3 rings (SSSR count). The fourth-order valence-corrected chi connectivity index (χ4v) is 5.54. The zero-order valence-electron chi connectivity index (χ0n) is 22.2. The largest absolute Gasteiger partial charge is 0.352 e. The Morgan fingerprint density at radius 3 is 2.26 bits per heavy atom. The van der Waals surface area contributed by atoms with Crippen molar-refractivity contribution < 1.29 is 18.0 Å². The minimum absolute atomic E-state index is 0.0995. The first-order valence-electron chi connectivity index (χ1n) is 12.6. The van der Waals surface area contributed by atoms with Crippen LogP contribution in [0.3, 0.4) is 0 Å². The second-order valence-corrected chi connectivity index (χ2v) is 12.7. The van der Waals surface area contributed by atoms with E-state index >= 15 is 0 Å². The van der Waals surface area contributed by atoms with Gasteiger partial charge in [-0.1, -0.05) is 83.0 Å². The lowest BCUT2D eigenvalue weighted by atomic mass is 10.0. The van der Waals surface area contributed by atoms with Gasteiger partial charge in [0.2, 0.25) is 21.8 Å². The Morgan fingerprint density at radius 2 is 1.64 bits per heavy atom. The number of amides is 2. The summed E-state index contributed by atoms with van der Waals surface area (Å²) in [7, 11) is -3.85. The van der Waals surface area contributed by atoms with E-state index in [2.05, 4.69) is 21.2 Å². The molecule has 0 aliphatic heterocycles. The number of sulfonamides is 1. The summed E-state index contributed by atoms with van der Waals surface area (Å²) in [6, 6.07) is 22.2. The Balaban J connectivity index is 2.06. The Morgan fingerprint density at radius 1 is 0.974 bits per heavy atom. The average molecular weight is 635 g/mol. The highest BCUT2D eigenvalue weighted by Gasteiger charge is 2.33. The number of anilines is 1. The summed E-state index contributed by atoms with van der Waals surface area (Å²) < 4.78 is 27.5. The molecule has 10 heteroatoms. The zero-order chi connectivity index (χ0) is 28.6. The first-order valence-corrected chi connectivity index (χ1v) is 15.6. The van der Waals surface area contributed by atoms with Gasteiger partial charge in [0.25, 0.3) is 0 Å². The van der Waals surface area contributed by atoms with Gasteiger partial charge in [-0.15, -0.1) is 0 Å². The lowest BCUT2D eigenvalue weighted by Crippen LogP contribution is -2.54. The molecule has 39 heavy (non-hydrogen) atoms. The molecule has 0 radical (unpaired) electrons. The Kier molecular flexibility index (Phi) is 11.0. The summed E-state index contributed by atoms with van der Waals surface area (Å²) in [6.45, 7) is 3.49. The van der Waals surface area contributed by atoms with E-state index < -0.39 is 28.5 Å². The Hall–Kier alpha value is -2.88. The number of hydrogen-bond acceptors (Lipinski definition) is 4. The van der Waals surface area contributed by atoms with E-state index in [1.165, 1.54) is 11.0 Å². The summed E-state index contributed by atoms with van der Waals surface area (Å²) in [5.41, 5.74) is 1.94. The molecule has 0 aliphatic carbocycles. The molecule has 2 atom stereocenters. The number of carbonyl (C=O) groups is 2. The molecule has 2 amide bonds. The summed E-state index contributed by atoms with van der Waals surface area (Å²) in [4.78, 5) is 29.2. The number of benzene rings is 3. The topological polar surface area (TPSA) is 86.8 Å². The van der Waals surface area contributed by atoms with Crippen molar-refractivity contribution >= 4 is 55.1 Å². The summed E-state index contributed by atoms with van der Waals surface area (Å²) in [6.07, 6.45) is 2.02. The lowest BCUT2D eigenvalue weighted by molar-refractivity contribution is -0.140. The highest BCUT2D eigenvalue weighted by molar-refractivity contribution is 9.10. The fourth-order valence-electron chi connectivity index (χ4n) is 4.07. The van der Waals surface area contributed by atoms with E-state index in [-0.39, 0.29) is 30.6 Å². The molecule has 208 valence electrons. The molecule has 0 heterocycles. The van der Waals surface area contributed by atoms with Crippen LogP contribution < -0.4 is 9.62 Å². The van der Waals surface area contributed by atoms with Crippen molar-refractivity contribution in [2.24, 2.45) is 0 Å². The first-order chi connectivity index (χ1) is 18.5. The van der Waals surface area contributed by atoms with Gasteiger partial charge in [-0.05, 0) is 54.8 Å². The maximum Gasteiger partial charge on any atom is 0.244 e. The smallest absolute Gasteiger partial charge is 0.244 e. The quantitative estimate of drug-likeness (QED) is 0.288. The number of nitrogens with zero attached hydrogens (tertiary/aromatic N) is 2. The molecule has 0 bridgehead atoms. The molecular weight excluding hydrogens is 602 g/mol. The van der Waals surface area contributed by atoms with Crippen LogP contribution in [0.5, 0.6) is 0 Å². The number of carbonyl (C=O) groups excluding carboxylic acids is 2. The van der Waals surface area contributed by atoms with Gasteiger partial charge in [0, 0.05) is 28.5 Å². The number of halogens is 2. The second kappa shape index (κ2) is 14.0. The van der Waals surface area contributed by atoms with Crippen molar-refractivity contribution in [3.63, 3.8) is 0 Å². The van der Waals surface area contributed by atoms with Gasteiger partial charge in [0.1, 0.15) is 12.6 Å². The van der Waals surface area contributed by atoms with Crippen molar-refractivity contribution in [2.75, 3.05) is 17.1 Å². The standard InChI is InChI=1S/C29H33BrClN3O4S/c1-4-21(2)32-29(36)27(17-22-10-6-5-7-11-22)33(19-23-12-8-13-24(30)16-23)28(35)20-34(39(3,37)38)26-15-9-14-25(31)18-26/h5-16,18,21,27H,4,17,19-20H2,1-3H3,(H,32,36)/t21-,27-/m1/s1. The van der Waals surface area contributed by atoms with Gasteiger partial charge in [-0.25, -0.2) is 8.42 Å². The number of rotatable bonds is 12. The van der Waals surface area contributed by atoms with Gasteiger partial charge in [-0.3, -0.25) is 13.9 Å². The van der Waals surface area contributed by atoms with Crippen LogP contribution >= 0.6 is 27.5 Å². The van der Waals surface area contributed by atoms with E-state index in [1.54, 1.807) is 18.2 Å². The van der Waals surface area contributed by atoms with E-state index in [9.17, 15) is 18.0 Å². The maximum atomic E-state index is 14.0. The van der Waals surface area contributed by atoms with Crippen LogP contribution in [-0.2, 0) is 32.6 Å². The predicted octanol–water partition coefficient (Wildman–Crippen LogP) is 5.42. The molecular formula is C29H33BrClN3O4S. The molecule has 0 saturated carbocycles. The van der Waals surface area contributed by atoms with Crippen molar-refractivity contribution in [3.05, 3.63) is 99.5 Å².